The molecule has 0 aliphatic carbocycles. The van der Waals surface area contributed by atoms with Crippen molar-refractivity contribution >= 4 is 17.3 Å². The zero-order valence-electron chi connectivity index (χ0n) is 10.6. The minimum absolute atomic E-state index is 0.387. The average Bonchev–Trinajstić information content (AvgIpc) is 2.40. The molecule has 0 unspecified atom stereocenters. The van der Waals surface area contributed by atoms with Crippen LogP contribution in [0.25, 0.3) is 0 Å². The van der Waals surface area contributed by atoms with E-state index in [-0.39, 0.29) is 5.56 Å². The number of hydrogen-bond acceptors (Lipinski definition) is 3. The number of carbonyl (C=O) groups is 1. The van der Waals surface area contributed by atoms with Crippen molar-refractivity contribution < 1.29 is 14.3 Å². The van der Waals surface area contributed by atoms with Crippen molar-refractivity contribution in [2.45, 2.75) is 6.92 Å². The molecule has 100 valence electrons. The van der Waals surface area contributed by atoms with Crippen LogP contribution in [-0.4, -0.2) is 11.1 Å². The topological polar surface area (TPSA) is 73.1 Å². The van der Waals surface area contributed by atoms with Gasteiger partial charge in [0.1, 0.15) is 11.9 Å². The van der Waals surface area contributed by atoms with E-state index in [1.165, 1.54) is 12.1 Å². The molecule has 0 saturated heterocycles. The van der Waals surface area contributed by atoms with Crippen molar-refractivity contribution in [1.29, 1.82) is 5.26 Å². The highest BCUT2D eigenvalue weighted by Crippen LogP contribution is 2.25. The Balaban J connectivity index is 2.39. The lowest BCUT2D eigenvalue weighted by atomic mass is 10.1. The Labute approximate surface area is 115 Å². The molecule has 0 spiro atoms. The molecule has 2 aromatic carbocycles. The van der Waals surface area contributed by atoms with Gasteiger partial charge in [-0.1, -0.05) is 12.1 Å². The predicted octanol–water partition coefficient (Wildman–Crippen LogP) is 3.45. The number of carboxylic acid groups (broad SMARTS) is 1. The Hall–Kier alpha value is -2.87. The zero-order valence-corrected chi connectivity index (χ0v) is 10.6. The van der Waals surface area contributed by atoms with E-state index >= 15 is 0 Å². The fourth-order valence-electron chi connectivity index (χ4n) is 1.84. The van der Waals surface area contributed by atoms with Gasteiger partial charge in [0.05, 0.1) is 16.8 Å². The Morgan fingerprint density at radius 2 is 2.10 bits per heavy atom. The summed E-state index contributed by atoms with van der Waals surface area (Å²) in [6.45, 7) is 1.82. The fraction of sp³-hybridized carbons (Fsp3) is 0.0667. The Bertz CT molecular complexity index is 720. The Kier molecular flexibility index (Phi) is 3.67. The van der Waals surface area contributed by atoms with Crippen molar-refractivity contribution in [2.24, 2.45) is 0 Å². The van der Waals surface area contributed by atoms with E-state index in [4.69, 9.17) is 10.4 Å². The molecule has 2 N–H and O–H groups in total. The number of anilines is 2. The minimum Gasteiger partial charge on any atom is -0.478 e. The molecule has 0 heterocycles. The maximum Gasteiger partial charge on any atom is 0.338 e. The largest absolute Gasteiger partial charge is 0.478 e. The molecule has 2 aromatic rings. The average molecular weight is 270 g/mol. The quantitative estimate of drug-likeness (QED) is 0.895. The highest BCUT2D eigenvalue weighted by molar-refractivity contribution is 5.88. The summed E-state index contributed by atoms with van der Waals surface area (Å²) in [6, 6.07) is 11.0. The summed E-state index contributed by atoms with van der Waals surface area (Å²) in [7, 11) is 0. The molecule has 0 bridgehead atoms. The van der Waals surface area contributed by atoms with Gasteiger partial charge in [0.25, 0.3) is 0 Å². The summed E-state index contributed by atoms with van der Waals surface area (Å²) in [5.74, 6) is -2.14. The van der Waals surface area contributed by atoms with Crippen LogP contribution in [0, 0.1) is 24.1 Å². The standard InChI is InChI=1S/C15H11FN2O2/c1-9-3-2-4-10(8-17)14(9)18-11-5-6-12(15(19)20)13(16)7-11/h2-7,18H,1H3,(H,19,20). The normalized spacial score (nSPS) is 9.85. The van der Waals surface area contributed by atoms with Crippen LogP contribution in [0.3, 0.4) is 0 Å². The van der Waals surface area contributed by atoms with Crippen molar-refractivity contribution in [2.75, 3.05) is 5.32 Å². The van der Waals surface area contributed by atoms with E-state index in [0.717, 1.165) is 11.6 Å². The van der Waals surface area contributed by atoms with Crippen LogP contribution < -0.4 is 5.32 Å². The van der Waals surface area contributed by atoms with Crippen molar-refractivity contribution in [3.63, 3.8) is 0 Å². The number of aryl methyl sites for hydroxylation is 1. The molecule has 0 aliphatic heterocycles. The van der Waals surface area contributed by atoms with Gasteiger partial charge in [0.2, 0.25) is 0 Å². The first-order valence-electron chi connectivity index (χ1n) is 5.82. The number of para-hydroxylation sites is 1. The van der Waals surface area contributed by atoms with Gasteiger partial charge in [-0.3, -0.25) is 0 Å². The lowest BCUT2D eigenvalue weighted by molar-refractivity contribution is 0.0692. The molecule has 0 saturated carbocycles. The lowest BCUT2D eigenvalue weighted by Gasteiger charge is -2.11. The number of halogens is 1. The molecule has 2 rings (SSSR count). The maximum atomic E-state index is 13.6. The number of rotatable bonds is 3. The van der Waals surface area contributed by atoms with Crippen molar-refractivity contribution in [3.05, 3.63) is 58.9 Å². The van der Waals surface area contributed by atoms with Crippen LogP contribution in [0.1, 0.15) is 21.5 Å². The molecular formula is C15H11FN2O2. The first-order valence-corrected chi connectivity index (χ1v) is 5.82. The SMILES string of the molecule is Cc1cccc(C#N)c1Nc1ccc(C(=O)O)c(F)c1. The number of nitriles is 1. The molecule has 0 atom stereocenters. The van der Waals surface area contributed by atoms with Crippen LogP contribution >= 0.6 is 0 Å². The molecule has 20 heavy (non-hydrogen) atoms. The molecule has 0 amide bonds. The lowest BCUT2D eigenvalue weighted by Crippen LogP contribution is -2.02. The van der Waals surface area contributed by atoms with Crippen LogP contribution in [0.2, 0.25) is 0 Å². The van der Waals surface area contributed by atoms with Gasteiger partial charge in [0, 0.05) is 5.69 Å². The number of aromatic carboxylic acids is 1. The van der Waals surface area contributed by atoms with E-state index in [0.29, 0.717) is 16.9 Å². The van der Waals surface area contributed by atoms with Crippen LogP contribution in [0.15, 0.2) is 36.4 Å². The van der Waals surface area contributed by atoms with Gasteiger partial charge in [-0.25, -0.2) is 9.18 Å². The zero-order chi connectivity index (χ0) is 14.7. The van der Waals surface area contributed by atoms with Crippen LogP contribution in [-0.2, 0) is 0 Å². The van der Waals surface area contributed by atoms with Crippen molar-refractivity contribution in [3.8, 4) is 6.07 Å². The second-order valence-corrected chi connectivity index (χ2v) is 4.23. The number of nitrogens with zero attached hydrogens (tertiary/aromatic N) is 1. The van der Waals surface area contributed by atoms with E-state index in [2.05, 4.69) is 11.4 Å². The maximum absolute atomic E-state index is 13.6. The van der Waals surface area contributed by atoms with Gasteiger partial charge >= 0.3 is 5.97 Å². The smallest absolute Gasteiger partial charge is 0.338 e. The molecule has 0 fully saturated rings. The first-order chi connectivity index (χ1) is 9.52. The summed E-state index contributed by atoms with van der Waals surface area (Å²) in [6.07, 6.45) is 0. The summed E-state index contributed by atoms with van der Waals surface area (Å²) < 4.78 is 13.6. The van der Waals surface area contributed by atoms with Gasteiger partial charge in [-0.2, -0.15) is 5.26 Å². The predicted molar refractivity (Wildman–Crippen MR) is 72.5 cm³/mol. The second-order valence-electron chi connectivity index (χ2n) is 4.23. The summed E-state index contributed by atoms with van der Waals surface area (Å²) in [4.78, 5) is 10.7. The monoisotopic (exact) mass is 270 g/mol. The third-order valence-corrected chi connectivity index (χ3v) is 2.86. The molecule has 0 aliphatic rings. The minimum atomic E-state index is -1.32. The molecule has 5 heteroatoms. The fourth-order valence-corrected chi connectivity index (χ4v) is 1.84. The second kappa shape index (κ2) is 5.41. The van der Waals surface area contributed by atoms with Crippen LogP contribution in [0.5, 0.6) is 0 Å². The van der Waals surface area contributed by atoms with E-state index in [1.54, 1.807) is 12.1 Å². The van der Waals surface area contributed by atoms with Gasteiger partial charge in [0.15, 0.2) is 0 Å². The Morgan fingerprint density at radius 1 is 1.35 bits per heavy atom. The van der Waals surface area contributed by atoms with E-state index in [9.17, 15) is 9.18 Å². The number of benzene rings is 2. The molecule has 0 radical (unpaired) electrons. The summed E-state index contributed by atoms with van der Waals surface area (Å²) >= 11 is 0. The molecule has 0 aromatic heterocycles. The first kappa shape index (κ1) is 13.6. The number of nitrogens with one attached hydrogen (secondary N) is 1. The number of carboxylic acids is 1. The van der Waals surface area contributed by atoms with E-state index in [1.807, 2.05) is 13.0 Å². The third-order valence-electron chi connectivity index (χ3n) is 2.86. The van der Waals surface area contributed by atoms with Crippen molar-refractivity contribution in [1.82, 2.24) is 0 Å². The van der Waals surface area contributed by atoms with Gasteiger partial charge < -0.3 is 10.4 Å². The van der Waals surface area contributed by atoms with Crippen LogP contribution in [0.4, 0.5) is 15.8 Å². The van der Waals surface area contributed by atoms with E-state index < -0.39 is 11.8 Å². The summed E-state index contributed by atoms with van der Waals surface area (Å²) in [5, 5.41) is 20.8. The molecule has 4 nitrogen and oxygen atoms in total. The van der Waals surface area contributed by atoms with Gasteiger partial charge in [-0.05, 0) is 36.8 Å². The van der Waals surface area contributed by atoms with Gasteiger partial charge in [-0.15, -0.1) is 0 Å². The molecular weight excluding hydrogens is 259 g/mol. The highest BCUT2D eigenvalue weighted by Gasteiger charge is 2.11. The summed E-state index contributed by atoms with van der Waals surface area (Å²) in [5.41, 5.74) is 1.86. The highest BCUT2D eigenvalue weighted by atomic mass is 19.1. The number of hydrogen-bond donors (Lipinski definition) is 2. The third kappa shape index (κ3) is 2.59. The Morgan fingerprint density at radius 3 is 2.70 bits per heavy atom.